The van der Waals surface area contributed by atoms with Crippen molar-refractivity contribution in [3.63, 3.8) is 0 Å². The Morgan fingerprint density at radius 1 is 0.905 bits per heavy atom. The highest BCUT2D eigenvalue weighted by atomic mass is 15.1. The van der Waals surface area contributed by atoms with E-state index in [4.69, 9.17) is 0 Å². The number of nitrogens with zero attached hydrogens (tertiary/aromatic N) is 2. The van der Waals surface area contributed by atoms with Crippen LogP contribution in [0.5, 0.6) is 0 Å². The summed E-state index contributed by atoms with van der Waals surface area (Å²) in [5.74, 6) is 0. The van der Waals surface area contributed by atoms with Crippen LogP contribution in [0.4, 0.5) is 5.69 Å². The van der Waals surface area contributed by atoms with Crippen LogP contribution in [0.25, 0.3) is 0 Å². The van der Waals surface area contributed by atoms with Gasteiger partial charge in [-0.05, 0) is 62.2 Å². The zero-order chi connectivity index (χ0) is 14.9. The number of anilines is 1. The number of rotatable bonds is 8. The minimum atomic E-state index is 0.920. The van der Waals surface area contributed by atoms with Crippen LogP contribution in [0.1, 0.15) is 25.0 Å². The fourth-order valence-electron chi connectivity index (χ4n) is 2.43. The second-order valence-corrected chi connectivity index (χ2v) is 5.12. The van der Waals surface area contributed by atoms with Crippen molar-refractivity contribution in [3.8, 4) is 0 Å². The molecule has 1 aromatic carbocycles. The lowest BCUT2D eigenvalue weighted by Gasteiger charge is -2.21. The summed E-state index contributed by atoms with van der Waals surface area (Å²) >= 11 is 0. The van der Waals surface area contributed by atoms with Crippen LogP contribution in [-0.2, 0) is 13.0 Å². The first-order valence-corrected chi connectivity index (χ1v) is 7.77. The molecule has 1 aromatic heterocycles. The van der Waals surface area contributed by atoms with E-state index in [0.29, 0.717) is 0 Å². The number of pyridine rings is 1. The summed E-state index contributed by atoms with van der Waals surface area (Å²) < 4.78 is 0. The van der Waals surface area contributed by atoms with E-state index in [1.165, 1.54) is 16.8 Å². The Kier molecular flexibility index (Phi) is 6.22. The second kappa shape index (κ2) is 8.42. The molecule has 0 aliphatic carbocycles. The summed E-state index contributed by atoms with van der Waals surface area (Å²) in [5, 5.41) is 3.49. The molecule has 3 nitrogen and oxygen atoms in total. The van der Waals surface area contributed by atoms with Crippen molar-refractivity contribution in [2.24, 2.45) is 0 Å². The molecule has 0 unspecified atom stereocenters. The van der Waals surface area contributed by atoms with Crippen LogP contribution >= 0.6 is 0 Å². The van der Waals surface area contributed by atoms with Crippen molar-refractivity contribution < 1.29 is 0 Å². The Balaban J connectivity index is 1.76. The Hall–Kier alpha value is -1.87. The van der Waals surface area contributed by atoms with E-state index in [0.717, 1.165) is 32.6 Å². The normalized spacial score (nSPS) is 10.6. The van der Waals surface area contributed by atoms with Gasteiger partial charge in [-0.1, -0.05) is 12.1 Å². The molecule has 112 valence electrons. The number of aromatic nitrogens is 1. The fraction of sp³-hybridized carbons (Fsp3) is 0.389. The maximum Gasteiger partial charge on any atom is 0.0366 e. The van der Waals surface area contributed by atoms with Crippen LogP contribution in [0, 0.1) is 0 Å². The number of benzene rings is 1. The first-order valence-electron chi connectivity index (χ1n) is 7.77. The number of nitrogens with one attached hydrogen (secondary N) is 1. The standard InChI is InChI=1S/C18H25N3/c1-3-21(4-2)18-7-5-17(6-8-18)15-20-14-11-16-9-12-19-13-10-16/h5-10,12-13,20H,3-4,11,14-15H2,1-2H3. The quantitative estimate of drug-likeness (QED) is 0.754. The molecule has 0 saturated heterocycles. The highest BCUT2D eigenvalue weighted by molar-refractivity contribution is 5.47. The van der Waals surface area contributed by atoms with Crippen molar-refractivity contribution >= 4 is 5.69 Å². The fourth-order valence-corrected chi connectivity index (χ4v) is 2.43. The summed E-state index contributed by atoms with van der Waals surface area (Å²) in [6.07, 6.45) is 4.74. The maximum absolute atomic E-state index is 4.03. The Labute approximate surface area is 128 Å². The van der Waals surface area contributed by atoms with Crippen molar-refractivity contribution in [3.05, 3.63) is 59.9 Å². The van der Waals surface area contributed by atoms with Gasteiger partial charge in [-0.25, -0.2) is 0 Å². The Morgan fingerprint density at radius 3 is 2.19 bits per heavy atom. The smallest absolute Gasteiger partial charge is 0.0366 e. The second-order valence-electron chi connectivity index (χ2n) is 5.12. The van der Waals surface area contributed by atoms with Gasteiger partial charge in [0.25, 0.3) is 0 Å². The van der Waals surface area contributed by atoms with Gasteiger partial charge in [0.05, 0.1) is 0 Å². The molecule has 0 spiro atoms. The predicted molar refractivity (Wildman–Crippen MR) is 89.7 cm³/mol. The molecule has 0 amide bonds. The summed E-state index contributed by atoms with van der Waals surface area (Å²) in [6, 6.07) is 13.0. The first kappa shape index (κ1) is 15.5. The molecule has 0 radical (unpaired) electrons. The Morgan fingerprint density at radius 2 is 1.57 bits per heavy atom. The molecule has 3 heteroatoms. The molecular weight excluding hydrogens is 258 g/mol. The van der Waals surface area contributed by atoms with Crippen molar-refractivity contribution in [1.29, 1.82) is 0 Å². The highest BCUT2D eigenvalue weighted by Gasteiger charge is 2.01. The third-order valence-corrected chi connectivity index (χ3v) is 3.73. The van der Waals surface area contributed by atoms with E-state index >= 15 is 0 Å². The molecular formula is C18H25N3. The van der Waals surface area contributed by atoms with Crippen LogP contribution in [-0.4, -0.2) is 24.6 Å². The molecule has 21 heavy (non-hydrogen) atoms. The van der Waals surface area contributed by atoms with Gasteiger partial charge in [0.1, 0.15) is 0 Å². The van der Waals surface area contributed by atoms with Crippen molar-refractivity contribution in [2.45, 2.75) is 26.8 Å². The molecule has 0 fully saturated rings. The van der Waals surface area contributed by atoms with Gasteiger partial charge in [-0.3, -0.25) is 4.98 Å². The third kappa shape index (κ3) is 4.87. The zero-order valence-electron chi connectivity index (χ0n) is 13.0. The average molecular weight is 283 g/mol. The average Bonchev–Trinajstić information content (AvgIpc) is 2.55. The SMILES string of the molecule is CCN(CC)c1ccc(CNCCc2ccncc2)cc1. The van der Waals surface area contributed by atoms with Gasteiger partial charge < -0.3 is 10.2 Å². The van der Waals surface area contributed by atoms with Gasteiger partial charge in [0, 0.05) is 37.7 Å². The molecule has 0 aliphatic heterocycles. The first-order chi connectivity index (χ1) is 10.3. The lowest BCUT2D eigenvalue weighted by Crippen LogP contribution is -2.21. The zero-order valence-corrected chi connectivity index (χ0v) is 13.0. The third-order valence-electron chi connectivity index (χ3n) is 3.73. The molecule has 0 bridgehead atoms. The van der Waals surface area contributed by atoms with E-state index in [1.54, 1.807) is 0 Å². The molecule has 1 heterocycles. The predicted octanol–water partition coefficient (Wildman–Crippen LogP) is 3.26. The number of hydrogen-bond acceptors (Lipinski definition) is 3. The summed E-state index contributed by atoms with van der Waals surface area (Å²) in [7, 11) is 0. The lowest BCUT2D eigenvalue weighted by atomic mass is 10.1. The molecule has 2 rings (SSSR count). The maximum atomic E-state index is 4.03. The molecule has 0 aliphatic rings. The van der Waals surface area contributed by atoms with E-state index in [1.807, 2.05) is 12.4 Å². The van der Waals surface area contributed by atoms with Gasteiger partial charge in [-0.2, -0.15) is 0 Å². The minimum Gasteiger partial charge on any atom is -0.372 e. The van der Waals surface area contributed by atoms with Crippen LogP contribution in [0.2, 0.25) is 0 Å². The van der Waals surface area contributed by atoms with Gasteiger partial charge in [-0.15, -0.1) is 0 Å². The summed E-state index contributed by atoms with van der Waals surface area (Å²) in [5.41, 5.74) is 3.97. The van der Waals surface area contributed by atoms with Crippen molar-refractivity contribution in [2.75, 3.05) is 24.5 Å². The number of hydrogen-bond donors (Lipinski definition) is 1. The van der Waals surface area contributed by atoms with Gasteiger partial charge in [0.15, 0.2) is 0 Å². The van der Waals surface area contributed by atoms with Crippen LogP contribution in [0.3, 0.4) is 0 Å². The molecule has 1 N–H and O–H groups in total. The van der Waals surface area contributed by atoms with Crippen LogP contribution < -0.4 is 10.2 Å². The molecule has 0 saturated carbocycles. The Bertz CT molecular complexity index is 504. The van der Waals surface area contributed by atoms with Crippen molar-refractivity contribution in [1.82, 2.24) is 10.3 Å². The monoisotopic (exact) mass is 283 g/mol. The van der Waals surface area contributed by atoms with Gasteiger partial charge in [0.2, 0.25) is 0 Å². The molecule has 2 aromatic rings. The van der Waals surface area contributed by atoms with Gasteiger partial charge >= 0.3 is 0 Å². The van der Waals surface area contributed by atoms with E-state index in [2.05, 4.69) is 65.4 Å². The van der Waals surface area contributed by atoms with E-state index in [-0.39, 0.29) is 0 Å². The topological polar surface area (TPSA) is 28.2 Å². The van der Waals surface area contributed by atoms with E-state index < -0.39 is 0 Å². The highest BCUT2D eigenvalue weighted by Crippen LogP contribution is 2.14. The van der Waals surface area contributed by atoms with E-state index in [9.17, 15) is 0 Å². The summed E-state index contributed by atoms with van der Waals surface area (Å²) in [4.78, 5) is 6.39. The largest absolute Gasteiger partial charge is 0.372 e. The summed E-state index contributed by atoms with van der Waals surface area (Å²) in [6.45, 7) is 8.40. The van der Waals surface area contributed by atoms with Crippen LogP contribution in [0.15, 0.2) is 48.8 Å². The minimum absolute atomic E-state index is 0.920. The molecule has 0 atom stereocenters. The lowest BCUT2D eigenvalue weighted by molar-refractivity contribution is 0.686.